The second-order valence-corrected chi connectivity index (χ2v) is 2.65. The highest BCUT2D eigenvalue weighted by Crippen LogP contribution is 1.43. The second kappa shape index (κ2) is 25.2. The summed E-state index contributed by atoms with van der Waals surface area (Å²) in [5.41, 5.74) is 9.39. The number of hydrogen-bond donors (Lipinski definition) is 6. The van der Waals surface area contributed by atoms with Crippen LogP contribution in [-0.2, 0) is 19.2 Å². The normalized spacial score (nSPS) is 6.20. The zero-order valence-corrected chi connectivity index (χ0v) is 11.8. The van der Waals surface area contributed by atoms with E-state index in [0.29, 0.717) is 0 Å². The van der Waals surface area contributed by atoms with Crippen LogP contribution < -0.4 is 11.5 Å². The molecule has 0 saturated carbocycles. The summed E-state index contributed by atoms with van der Waals surface area (Å²) in [6.45, 7) is 7.44. The van der Waals surface area contributed by atoms with Gasteiger partial charge in [0.1, 0.15) is 0 Å². The molecule has 0 saturated heterocycles. The van der Waals surface area contributed by atoms with Crippen LogP contribution in [0, 0.1) is 0 Å². The van der Waals surface area contributed by atoms with E-state index in [1.165, 1.54) is 0 Å². The van der Waals surface area contributed by atoms with Crippen molar-refractivity contribution in [2.45, 2.75) is 27.7 Å². The number of nitrogens with two attached hydrogens (primary N) is 2. The van der Waals surface area contributed by atoms with Crippen molar-refractivity contribution >= 4 is 23.9 Å². The van der Waals surface area contributed by atoms with E-state index in [1.54, 1.807) is 0 Å². The van der Waals surface area contributed by atoms with Crippen LogP contribution in [0.4, 0.5) is 0 Å². The maximum Gasteiger partial charge on any atom is 0.300 e. The predicted molar refractivity (Wildman–Crippen MR) is 70.8 cm³/mol. The molecule has 0 aromatic carbocycles. The summed E-state index contributed by atoms with van der Waals surface area (Å²) < 4.78 is 0. The highest BCUT2D eigenvalue weighted by Gasteiger charge is 1.66. The first-order valence-electron chi connectivity index (χ1n) is 4.64. The van der Waals surface area contributed by atoms with E-state index in [0.717, 1.165) is 27.7 Å². The molecule has 0 atom stereocenters. The number of aliphatic carboxylic acids is 4. The molecule has 0 aromatic heterocycles. The second-order valence-electron chi connectivity index (χ2n) is 2.65. The third-order valence-electron chi connectivity index (χ3n) is 0. The van der Waals surface area contributed by atoms with Gasteiger partial charge in [0.05, 0.1) is 5.82 Å². The minimum absolute atomic E-state index is 0.167. The Balaban J connectivity index is -0.0000000469. The molecule has 20 heavy (non-hydrogen) atoms. The molecule has 0 fully saturated rings. The Morgan fingerprint density at radius 1 is 0.650 bits per heavy atom. The van der Waals surface area contributed by atoms with Crippen molar-refractivity contribution in [3.05, 3.63) is 12.4 Å². The lowest BCUT2D eigenvalue weighted by Gasteiger charge is -1.72. The lowest BCUT2D eigenvalue weighted by atomic mass is 10.9. The molecule has 0 aliphatic rings. The fourth-order valence-electron chi connectivity index (χ4n) is 0. The van der Waals surface area contributed by atoms with Gasteiger partial charge in [-0.25, -0.2) is 0 Å². The lowest BCUT2D eigenvalue weighted by Crippen LogP contribution is -2.04. The topological polar surface area (TPSA) is 201 Å². The van der Waals surface area contributed by atoms with Crippen LogP contribution in [0.5, 0.6) is 0 Å². The molecular formula is C10H22N2O8. The van der Waals surface area contributed by atoms with Crippen LogP contribution in [0.3, 0.4) is 0 Å². The van der Waals surface area contributed by atoms with Crippen LogP contribution in [0.25, 0.3) is 0 Å². The number of rotatable bonds is 0. The summed E-state index contributed by atoms with van der Waals surface area (Å²) in [5, 5.41) is 29.7. The van der Waals surface area contributed by atoms with E-state index in [2.05, 4.69) is 6.58 Å². The van der Waals surface area contributed by atoms with Gasteiger partial charge in [-0.3, -0.25) is 19.2 Å². The van der Waals surface area contributed by atoms with Gasteiger partial charge >= 0.3 is 0 Å². The molecule has 120 valence electrons. The van der Waals surface area contributed by atoms with E-state index in [9.17, 15) is 0 Å². The first-order chi connectivity index (χ1) is 8.66. The fourth-order valence-corrected chi connectivity index (χ4v) is 0. The molecule has 0 aliphatic heterocycles. The maximum atomic E-state index is 9.00. The van der Waals surface area contributed by atoms with Gasteiger partial charge in [0, 0.05) is 27.7 Å². The standard InChI is InChI=1S/C2H6N2.4C2H4O2/c5*1-2(3)4/h1,3-4H2;4*1H3,(H,3,4). The van der Waals surface area contributed by atoms with E-state index < -0.39 is 23.9 Å². The summed E-state index contributed by atoms with van der Waals surface area (Å²) in [4.78, 5) is 36.0. The van der Waals surface area contributed by atoms with E-state index in [4.69, 9.17) is 51.1 Å². The highest BCUT2D eigenvalue weighted by atomic mass is 16.4. The Bertz CT molecular complexity index is 212. The zero-order chi connectivity index (χ0) is 17.9. The SMILES string of the molecule is C=C(N)N.CC(=O)O.CC(=O)O.CC(=O)O.CC(=O)O. The number of hydrogen-bond acceptors (Lipinski definition) is 6. The van der Waals surface area contributed by atoms with Crippen molar-refractivity contribution in [2.75, 3.05) is 0 Å². The Morgan fingerprint density at radius 3 is 0.650 bits per heavy atom. The van der Waals surface area contributed by atoms with Gasteiger partial charge < -0.3 is 31.9 Å². The van der Waals surface area contributed by atoms with Crippen LogP contribution in [0.2, 0.25) is 0 Å². The molecule has 0 rings (SSSR count). The summed E-state index contributed by atoms with van der Waals surface area (Å²) in [6.07, 6.45) is 0. The summed E-state index contributed by atoms with van der Waals surface area (Å²) >= 11 is 0. The number of carboxylic acid groups (broad SMARTS) is 4. The van der Waals surface area contributed by atoms with Crippen molar-refractivity contribution in [1.29, 1.82) is 0 Å². The molecular weight excluding hydrogens is 276 g/mol. The minimum atomic E-state index is -0.833. The minimum Gasteiger partial charge on any atom is -0.481 e. The molecule has 0 amide bonds. The van der Waals surface area contributed by atoms with Gasteiger partial charge in [-0.15, -0.1) is 0 Å². The molecule has 0 unspecified atom stereocenters. The summed E-state index contributed by atoms with van der Waals surface area (Å²) in [7, 11) is 0. The predicted octanol–water partition coefficient (Wildman–Crippen LogP) is -0.261. The van der Waals surface area contributed by atoms with Crippen LogP contribution in [0.15, 0.2) is 12.4 Å². The smallest absolute Gasteiger partial charge is 0.300 e. The van der Waals surface area contributed by atoms with Crippen molar-refractivity contribution < 1.29 is 39.6 Å². The number of carbonyl (C=O) groups is 4. The molecule has 0 aromatic rings. The third-order valence-corrected chi connectivity index (χ3v) is 0. The van der Waals surface area contributed by atoms with Gasteiger partial charge in [-0.05, 0) is 0 Å². The van der Waals surface area contributed by atoms with Crippen molar-refractivity contribution in [3.63, 3.8) is 0 Å². The quantitative estimate of drug-likeness (QED) is 0.345. The average Bonchev–Trinajstić information content (AvgIpc) is 1.94. The van der Waals surface area contributed by atoms with Crippen LogP contribution >= 0.6 is 0 Å². The molecule has 0 spiro atoms. The highest BCUT2D eigenvalue weighted by molar-refractivity contribution is 5.63. The van der Waals surface area contributed by atoms with Crippen LogP contribution in [-0.4, -0.2) is 44.3 Å². The van der Waals surface area contributed by atoms with Gasteiger partial charge in [0.15, 0.2) is 0 Å². The Morgan fingerprint density at radius 2 is 0.650 bits per heavy atom. The Hall–Kier alpha value is -2.78. The average molecular weight is 298 g/mol. The van der Waals surface area contributed by atoms with Gasteiger partial charge in [0.2, 0.25) is 0 Å². The first-order valence-corrected chi connectivity index (χ1v) is 4.64. The molecule has 0 aliphatic carbocycles. The monoisotopic (exact) mass is 298 g/mol. The van der Waals surface area contributed by atoms with Crippen molar-refractivity contribution in [1.82, 2.24) is 0 Å². The fraction of sp³-hybridized carbons (Fsp3) is 0.400. The van der Waals surface area contributed by atoms with Crippen LogP contribution in [0.1, 0.15) is 27.7 Å². The zero-order valence-electron chi connectivity index (χ0n) is 11.8. The summed E-state index contributed by atoms with van der Waals surface area (Å²) in [5.74, 6) is -3.17. The van der Waals surface area contributed by atoms with Crippen molar-refractivity contribution in [2.24, 2.45) is 11.5 Å². The van der Waals surface area contributed by atoms with E-state index in [-0.39, 0.29) is 5.82 Å². The molecule has 0 radical (unpaired) electrons. The molecule has 0 heterocycles. The lowest BCUT2D eigenvalue weighted by molar-refractivity contribution is -0.135. The van der Waals surface area contributed by atoms with Gasteiger partial charge in [-0.1, -0.05) is 6.58 Å². The largest absolute Gasteiger partial charge is 0.481 e. The van der Waals surface area contributed by atoms with E-state index >= 15 is 0 Å². The van der Waals surface area contributed by atoms with Gasteiger partial charge in [0.25, 0.3) is 23.9 Å². The molecule has 10 heteroatoms. The van der Waals surface area contributed by atoms with E-state index in [1.807, 2.05) is 0 Å². The first kappa shape index (κ1) is 30.3. The number of carboxylic acids is 4. The van der Waals surface area contributed by atoms with Crippen molar-refractivity contribution in [3.8, 4) is 0 Å². The van der Waals surface area contributed by atoms with Gasteiger partial charge in [-0.2, -0.15) is 0 Å². The Labute approximate surface area is 116 Å². The Kier molecular flexibility index (Phi) is 38.2. The maximum absolute atomic E-state index is 9.00. The molecule has 10 nitrogen and oxygen atoms in total. The molecule has 0 bridgehead atoms. The summed E-state index contributed by atoms with van der Waals surface area (Å²) in [6, 6.07) is 0. The molecule has 8 N–H and O–H groups in total. The third kappa shape index (κ3) is 398.